The van der Waals surface area contributed by atoms with Gasteiger partial charge in [0.15, 0.2) is 5.60 Å². The molecule has 1 aromatic heterocycles. The van der Waals surface area contributed by atoms with Gasteiger partial charge in [0.25, 0.3) is 0 Å². The fourth-order valence-corrected chi connectivity index (χ4v) is 3.75. The van der Waals surface area contributed by atoms with Crippen molar-refractivity contribution in [1.29, 1.82) is 0 Å². The molecule has 3 aliphatic rings. The molecular formula is C19H23N3O4. The van der Waals surface area contributed by atoms with Crippen molar-refractivity contribution in [1.82, 2.24) is 15.2 Å². The van der Waals surface area contributed by atoms with Crippen LogP contribution in [0.15, 0.2) is 30.6 Å². The van der Waals surface area contributed by atoms with Gasteiger partial charge in [0, 0.05) is 38.1 Å². The molecule has 2 saturated heterocycles. The van der Waals surface area contributed by atoms with Crippen LogP contribution in [0.2, 0.25) is 0 Å². The minimum absolute atomic E-state index is 0.104. The predicted molar refractivity (Wildman–Crippen MR) is 94.0 cm³/mol. The third kappa shape index (κ3) is 3.58. The maximum Gasteiger partial charge on any atom is 0.410 e. The second-order valence-electron chi connectivity index (χ2n) is 7.57. The highest BCUT2D eigenvalue weighted by atomic mass is 16.6. The molecule has 26 heavy (non-hydrogen) atoms. The van der Waals surface area contributed by atoms with Gasteiger partial charge < -0.3 is 19.7 Å². The Balaban J connectivity index is 1.17. The van der Waals surface area contributed by atoms with Crippen molar-refractivity contribution in [3.8, 4) is 0 Å². The average molecular weight is 357 g/mol. The number of piperidine rings is 1. The summed E-state index contributed by atoms with van der Waals surface area (Å²) in [4.78, 5) is 29.9. The highest BCUT2D eigenvalue weighted by Crippen LogP contribution is 2.51. The van der Waals surface area contributed by atoms with Crippen LogP contribution < -0.4 is 5.32 Å². The standard InChI is InChI=1S/C19H23N3O4/c1-19(11-25-12-19)26-18(24)22-9-15-14(16(15)10-22)8-21-17(23)5-4-13-3-2-6-20-7-13/h2-7,14-16H,8-12H2,1H3,(H,21,23)/b5-4+/t14-,15-,16+. The van der Waals surface area contributed by atoms with Crippen LogP contribution in [0.5, 0.6) is 0 Å². The van der Waals surface area contributed by atoms with Gasteiger partial charge in [-0.15, -0.1) is 0 Å². The van der Waals surface area contributed by atoms with Crippen molar-refractivity contribution >= 4 is 18.1 Å². The van der Waals surface area contributed by atoms with Crippen LogP contribution in [0.3, 0.4) is 0 Å². The summed E-state index contributed by atoms with van der Waals surface area (Å²) in [5, 5.41) is 2.95. The Hall–Kier alpha value is -2.41. The minimum atomic E-state index is -0.460. The first-order valence-corrected chi connectivity index (χ1v) is 8.96. The number of pyridine rings is 1. The topological polar surface area (TPSA) is 80.8 Å². The van der Waals surface area contributed by atoms with Gasteiger partial charge in [0.05, 0.1) is 13.2 Å². The second-order valence-corrected chi connectivity index (χ2v) is 7.57. The number of nitrogens with one attached hydrogen (secondary N) is 1. The molecule has 4 rings (SSSR count). The van der Waals surface area contributed by atoms with Gasteiger partial charge in [-0.2, -0.15) is 0 Å². The minimum Gasteiger partial charge on any atom is -0.438 e. The third-order valence-electron chi connectivity index (χ3n) is 5.40. The van der Waals surface area contributed by atoms with E-state index < -0.39 is 5.60 Å². The molecule has 0 unspecified atom stereocenters. The molecule has 2 aliphatic heterocycles. The summed E-state index contributed by atoms with van der Waals surface area (Å²) < 4.78 is 10.6. The van der Waals surface area contributed by atoms with Gasteiger partial charge in [-0.1, -0.05) is 6.07 Å². The Morgan fingerprint density at radius 3 is 2.81 bits per heavy atom. The Bertz CT molecular complexity index is 705. The number of amides is 2. The maximum absolute atomic E-state index is 12.2. The van der Waals surface area contributed by atoms with Crippen LogP contribution in [0.4, 0.5) is 4.79 Å². The number of hydrogen-bond acceptors (Lipinski definition) is 5. The molecule has 7 nitrogen and oxygen atoms in total. The number of likely N-dealkylation sites (tertiary alicyclic amines) is 1. The fourth-order valence-electron chi connectivity index (χ4n) is 3.75. The van der Waals surface area contributed by atoms with Crippen LogP contribution >= 0.6 is 0 Å². The van der Waals surface area contributed by atoms with E-state index in [0.29, 0.717) is 50.6 Å². The molecule has 1 aliphatic carbocycles. The third-order valence-corrected chi connectivity index (χ3v) is 5.40. The van der Waals surface area contributed by atoms with E-state index in [1.807, 2.05) is 19.1 Å². The Labute approximate surface area is 152 Å². The number of nitrogens with zero attached hydrogens (tertiary/aromatic N) is 2. The zero-order valence-corrected chi connectivity index (χ0v) is 14.8. The van der Waals surface area contributed by atoms with Gasteiger partial charge in [0.1, 0.15) is 0 Å². The SMILES string of the molecule is CC1(OC(=O)N2C[C@@H]3[C@@H](CNC(=O)/C=C/c4cccnc4)[C@@H]3C2)COC1. The monoisotopic (exact) mass is 357 g/mol. The highest BCUT2D eigenvalue weighted by molar-refractivity contribution is 5.91. The summed E-state index contributed by atoms with van der Waals surface area (Å²) in [7, 11) is 0. The van der Waals surface area contributed by atoms with E-state index in [0.717, 1.165) is 5.56 Å². The number of carbonyl (C=O) groups is 2. The summed E-state index contributed by atoms with van der Waals surface area (Å²) >= 11 is 0. The zero-order chi connectivity index (χ0) is 18.1. The predicted octanol–water partition coefficient (Wildman–Crippen LogP) is 1.31. The van der Waals surface area contributed by atoms with Crippen molar-refractivity contribution < 1.29 is 19.1 Å². The molecule has 0 spiro atoms. The number of ether oxygens (including phenoxy) is 2. The van der Waals surface area contributed by atoms with Crippen molar-refractivity contribution in [2.24, 2.45) is 17.8 Å². The Kier molecular flexibility index (Phi) is 4.40. The normalized spacial score (nSPS) is 28.3. The molecule has 1 saturated carbocycles. The van der Waals surface area contributed by atoms with Gasteiger partial charge in [0.2, 0.25) is 5.91 Å². The van der Waals surface area contributed by atoms with E-state index >= 15 is 0 Å². The van der Waals surface area contributed by atoms with E-state index in [4.69, 9.17) is 9.47 Å². The van der Waals surface area contributed by atoms with E-state index in [1.165, 1.54) is 6.08 Å². The van der Waals surface area contributed by atoms with Gasteiger partial charge in [-0.3, -0.25) is 9.78 Å². The number of aromatic nitrogens is 1. The summed E-state index contributed by atoms with van der Waals surface area (Å²) in [6.45, 7) is 4.92. The van der Waals surface area contributed by atoms with Crippen LogP contribution in [0.25, 0.3) is 6.08 Å². The quantitative estimate of drug-likeness (QED) is 0.804. The molecule has 1 N–H and O–H groups in total. The van der Waals surface area contributed by atoms with Crippen LogP contribution in [-0.4, -0.2) is 60.3 Å². The first-order chi connectivity index (χ1) is 12.5. The van der Waals surface area contributed by atoms with Gasteiger partial charge >= 0.3 is 6.09 Å². The van der Waals surface area contributed by atoms with Crippen LogP contribution in [0, 0.1) is 17.8 Å². The van der Waals surface area contributed by atoms with Crippen LogP contribution in [0.1, 0.15) is 12.5 Å². The summed E-state index contributed by atoms with van der Waals surface area (Å²) in [5.74, 6) is 1.29. The molecular weight excluding hydrogens is 334 g/mol. The lowest BCUT2D eigenvalue weighted by molar-refractivity contribution is -0.171. The van der Waals surface area contributed by atoms with E-state index in [9.17, 15) is 9.59 Å². The molecule has 3 atom stereocenters. The number of rotatable bonds is 5. The average Bonchev–Trinajstić information content (AvgIpc) is 3.06. The Morgan fingerprint density at radius 1 is 1.42 bits per heavy atom. The van der Waals surface area contributed by atoms with Gasteiger partial charge in [-0.05, 0) is 42.4 Å². The largest absolute Gasteiger partial charge is 0.438 e. The lowest BCUT2D eigenvalue weighted by atomic mass is 10.1. The van der Waals surface area contributed by atoms with Gasteiger partial charge in [-0.25, -0.2) is 4.79 Å². The molecule has 3 fully saturated rings. The lowest BCUT2D eigenvalue weighted by Gasteiger charge is -2.38. The van der Waals surface area contributed by atoms with E-state index in [2.05, 4.69) is 10.3 Å². The lowest BCUT2D eigenvalue weighted by Crippen LogP contribution is -2.52. The Morgan fingerprint density at radius 2 is 2.19 bits per heavy atom. The maximum atomic E-state index is 12.2. The van der Waals surface area contributed by atoms with Crippen molar-refractivity contribution in [3.63, 3.8) is 0 Å². The molecule has 0 bridgehead atoms. The summed E-state index contributed by atoms with van der Waals surface area (Å²) in [6, 6.07) is 3.73. The number of carbonyl (C=O) groups excluding carboxylic acids is 2. The highest BCUT2D eigenvalue weighted by Gasteiger charge is 2.57. The van der Waals surface area contributed by atoms with Crippen molar-refractivity contribution in [2.45, 2.75) is 12.5 Å². The molecule has 0 radical (unpaired) electrons. The molecule has 0 aromatic carbocycles. The first-order valence-electron chi connectivity index (χ1n) is 8.96. The first kappa shape index (κ1) is 17.0. The van der Waals surface area contributed by atoms with E-state index in [-0.39, 0.29) is 12.0 Å². The zero-order valence-electron chi connectivity index (χ0n) is 14.8. The molecule has 3 heterocycles. The van der Waals surface area contributed by atoms with E-state index in [1.54, 1.807) is 23.4 Å². The molecule has 7 heteroatoms. The smallest absolute Gasteiger partial charge is 0.410 e. The fraction of sp³-hybridized carbons (Fsp3) is 0.526. The summed E-state index contributed by atoms with van der Waals surface area (Å²) in [5.41, 5.74) is 0.434. The second kappa shape index (κ2) is 6.72. The molecule has 1 aromatic rings. The summed E-state index contributed by atoms with van der Waals surface area (Å²) in [6.07, 6.45) is 6.44. The molecule has 2 amide bonds. The van der Waals surface area contributed by atoms with Crippen molar-refractivity contribution in [2.75, 3.05) is 32.8 Å². The van der Waals surface area contributed by atoms with Crippen molar-refractivity contribution in [3.05, 3.63) is 36.2 Å². The number of fused-ring (bicyclic) bond motifs is 1. The molecule has 138 valence electrons. The van der Waals surface area contributed by atoms with Crippen LogP contribution in [-0.2, 0) is 14.3 Å². The number of hydrogen-bond donors (Lipinski definition) is 1.